The number of ether oxygens (including phenoxy) is 1. The molecule has 1 N–H and O–H groups in total. The third-order valence-corrected chi connectivity index (χ3v) is 3.66. The van der Waals surface area contributed by atoms with Gasteiger partial charge in [-0.2, -0.15) is 10.1 Å². The molecule has 1 aliphatic rings. The number of nitrogens with zero attached hydrogens (tertiary/aromatic N) is 3. The molecule has 6 nitrogen and oxygen atoms in total. The number of nitrogens with one attached hydrogen (secondary N) is 1. The molecule has 2 aromatic rings. The summed E-state index contributed by atoms with van der Waals surface area (Å²) in [6, 6.07) is 8.60. The molecule has 1 aliphatic heterocycles. The summed E-state index contributed by atoms with van der Waals surface area (Å²) in [6.07, 6.45) is 1.04. The summed E-state index contributed by atoms with van der Waals surface area (Å²) in [7, 11) is 1.37. The second kappa shape index (κ2) is 5.55. The van der Waals surface area contributed by atoms with Gasteiger partial charge in [0.1, 0.15) is 6.42 Å². The van der Waals surface area contributed by atoms with Gasteiger partial charge in [0.2, 0.25) is 5.95 Å². The molecule has 1 unspecified atom stereocenters. The quantitative estimate of drug-likeness (QED) is 0.870. The number of benzene rings is 1. The van der Waals surface area contributed by atoms with E-state index in [1.165, 1.54) is 18.2 Å². The van der Waals surface area contributed by atoms with E-state index in [0.717, 1.165) is 13.0 Å². The Morgan fingerprint density at radius 1 is 1.43 bits per heavy atom. The van der Waals surface area contributed by atoms with E-state index in [-0.39, 0.29) is 18.4 Å². The standard InChI is InChI=1S/C15H18N4O2/c1-10-3-5-11(6-4-10)12-7-8-16-15-17-13(18-19(12)15)9-14(20)21-2/h3-6,12H,7-9H2,1-2H3,(H,16,17,18). The van der Waals surface area contributed by atoms with Crippen LogP contribution in [-0.4, -0.2) is 34.4 Å². The lowest BCUT2D eigenvalue weighted by atomic mass is 10.0. The minimum absolute atomic E-state index is 0.0960. The Bertz CT molecular complexity index is 648. The van der Waals surface area contributed by atoms with Crippen LogP contribution in [0.2, 0.25) is 0 Å². The molecule has 1 aromatic carbocycles. The minimum Gasteiger partial charge on any atom is -0.469 e. The van der Waals surface area contributed by atoms with Gasteiger partial charge in [-0.05, 0) is 18.9 Å². The monoisotopic (exact) mass is 286 g/mol. The Labute approximate surface area is 123 Å². The summed E-state index contributed by atoms with van der Waals surface area (Å²) in [5, 5.41) is 7.68. The number of aromatic nitrogens is 3. The zero-order valence-electron chi connectivity index (χ0n) is 12.2. The molecule has 0 saturated heterocycles. The van der Waals surface area contributed by atoms with Crippen molar-refractivity contribution in [2.75, 3.05) is 19.0 Å². The van der Waals surface area contributed by atoms with Crippen LogP contribution in [0.1, 0.15) is 29.4 Å². The van der Waals surface area contributed by atoms with Crippen LogP contribution in [0, 0.1) is 6.92 Å². The summed E-state index contributed by atoms with van der Waals surface area (Å²) >= 11 is 0. The fourth-order valence-electron chi connectivity index (χ4n) is 2.52. The Morgan fingerprint density at radius 3 is 2.90 bits per heavy atom. The number of hydrogen-bond donors (Lipinski definition) is 1. The topological polar surface area (TPSA) is 69.0 Å². The molecule has 0 amide bonds. The van der Waals surface area contributed by atoms with Gasteiger partial charge in [-0.1, -0.05) is 29.8 Å². The van der Waals surface area contributed by atoms with E-state index < -0.39 is 0 Å². The number of rotatable bonds is 3. The Hall–Kier alpha value is -2.37. The highest BCUT2D eigenvalue weighted by atomic mass is 16.5. The Kier molecular flexibility index (Phi) is 3.60. The van der Waals surface area contributed by atoms with Gasteiger partial charge in [-0.25, -0.2) is 4.68 Å². The van der Waals surface area contributed by atoms with Crippen molar-refractivity contribution >= 4 is 11.9 Å². The maximum Gasteiger partial charge on any atom is 0.313 e. The largest absolute Gasteiger partial charge is 0.469 e. The third-order valence-electron chi connectivity index (χ3n) is 3.66. The van der Waals surface area contributed by atoms with E-state index in [9.17, 15) is 4.79 Å². The van der Waals surface area contributed by atoms with Crippen LogP contribution >= 0.6 is 0 Å². The van der Waals surface area contributed by atoms with E-state index in [1.54, 1.807) is 0 Å². The van der Waals surface area contributed by atoms with E-state index in [2.05, 4.69) is 51.3 Å². The number of anilines is 1. The third kappa shape index (κ3) is 2.74. The van der Waals surface area contributed by atoms with Crippen molar-refractivity contribution in [3.05, 3.63) is 41.2 Å². The normalized spacial score (nSPS) is 17.0. The first-order chi connectivity index (χ1) is 10.2. The van der Waals surface area contributed by atoms with Crippen molar-refractivity contribution in [3.8, 4) is 0 Å². The van der Waals surface area contributed by atoms with Crippen molar-refractivity contribution in [2.24, 2.45) is 0 Å². The second-order valence-corrected chi connectivity index (χ2v) is 5.19. The molecule has 0 bridgehead atoms. The number of carbonyl (C=O) groups is 1. The van der Waals surface area contributed by atoms with Gasteiger partial charge in [-0.3, -0.25) is 4.79 Å². The summed E-state index contributed by atoms with van der Waals surface area (Å²) in [5.74, 6) is 0.874. The smallest absolute Gasteiger partial charge is 0.313 e. The van der Waals surface area contributed by atoms with Gasteiger partial charge in [0.15, 0.2) is 5.82 Å². The van der Waals surface area contributed by atoms with Crippen LogP contribution in [0.15, 0.2) is 24.3 Å². The zero-order valence-corrected chi connectivity index (χ0v) is 12.2. The highest BCUT2D eigenvalue weighted by Gasteiger charge is 2.25. The summed E-state index contributed by atoms with van der Waals surface area (Å²) in [6.45, 7) is 2.91. The first-order valence-electron chi connectivity index (χ1n) is 7.00. The van der Waals surface area contributed by atoms with Gasteiger partial charge in [-0.15, -0.1) is 0 Å². The van der Waals surface area contributed by atoms with Crippen molar-refractivity contribution in [2.45, 2.75) is 25.8 Å². The minimum atomic E-state index is -0.329. The van der Waals surface area contributed by atoms with Crippen LogP contribution in [-0.2, 0) is 16.0 Å². The molecular weight excluding hydrogens is 268 g/mol. The van der Waals surface area contributed by atoms with Crippen LogP contribution in [0.25, 0.3) is 0 Å². The van der Waals surface area contributed by atoms with E-state index >= 15 is 0 Å². The van der Waals surface area contributed by atoms with E-state index in [4.69, 9.17) is 0 Å². The second-order valence-electron chi connectivity index (χ2n) is 5.19. The molecule has 0 aliphatic carbocycles. The maximum absolute atomic E-state index is 11.4. The highest BCUT2D eigenvalue weighted by molar-refractivity contribution is 5.71. The number of esters is 1. The number of carbonyl (C=O) groups excluding carboxylic acids is 1. The van der Waals surface area contributed by atoms with E-state index in [1.807, 2.05) is 4.68 Å². The van der Waals surface area contributed by atoms with Gasteiger partial charge in [0, 0.05) is 6.54 Å². The SMILES string of the molecule is COC(=O)Cc1nc2n(n1)C(c1ccc(C)cc1)CCN2. The summed E-state index contributed by atoms with van der Waals surface area (Å²) in [5.41, 5.74) is 2.44. The van der Waals surface area contributed by atoms with Crippen LogP contribution in [0.3, 0.4) is 0 Å². The van der Waals surface area contributed by atoms with Crippen molar-refractivity contribution in [3.63, 3.8) is 0 Å². The average Bonchev–Trinajstić information content (AvgIpc) is 2.90. The first kappa shape index (κ1) is 13.6. The average molecular weight is 286 g/mol. The number of fused-ring (bicyclic) bond motifs is 1. The molecule has 1 atom stereocenters. The highest BCUT2D eigenvalue weighted by Crippen LogP contribution is 2.28. The predicted molar refractivity (Wildman–Crippen MR) is 78.2 cm³/mol. The van der Waals surface area contributed by atoms with Crippen molar-refractivity contribution in [1.29, 1.82) is 0 Å². The molecule has 2 heterocycles. The van der Waals surface area contributed by atoms with Gasteiger partial charge >= 0.3 is 5.97 Å². The lowest BCUT2D eigenvalue weighted by Crippen LogP contribution is -2.24. The first-order valence-corrected chi connectivity index (χ1v) is 7.00. The Morgan fingerprint density at radius 2 is 2.19 bits per heavy atom. The number of aryl methyl sites for hydroxylation is 1. The van der Waals surface area contributed by atoms with Gasteiger partial charge in [0.25, 0.3) is 0 Å². The number of methoxy groups -OCH3 is 1. The van der Waals surface area contributed by atoms with Crippen LogP contribution in [0.5, 0.6) is 0 Å². The maximum atomic E-state index is 11.4. The molecule has 21 heavy (non-hydrogen) atoms. The summed E-state index contributed by atoms with van der Waals surface area (Å²) in [4.78, 5) is 15.7. The molecule has 3 rings (SSSR count). The lowest BCUT2D eigenvalue weighted by Gasteiger charge is -2.24. The molecule has 0 spiro atoms. The fraction of sp³-hybridized carbons (Fsp3) is 0.400. The molecular formula is C15H18N4O2. The van der Waals surface area contributed by atoms with Crippen LogP contribution < -0.4 is 5.32 Å². The molecule has 110 valence electrons. The van der Waals surface area contributed by atoms with Gasteiger partial charge in [0.05, 0.1) is 13.2 Å². The Balaban J connectivity index is 1.90. The molecule has 0 fully saturated rings. The van der Waals surface area contributed by atoms with E-state index in [0.29, 0.717) is 11.8 Å². The molecule has 0 saturated carbocycles. The molecule has 6 heteroatoms. The zero-order chi connectivity index (χ0) is 14.8. The molecule has 0 radical (unpaired) electrons. The predicted octanol–water partition coefficient (Wildman–Crippen LogP) is 1.71. The summed E-state index contributed by atoms with van der Waals surface area (Å²) < 4.78 is 6.53. The fourth-order valence-corrected chi connectivity index (χ4v) is 2.52. The lowest BCUT2D eigenvalue weighted by molar-refractivity contribution is -0.139. The van der Waals surface area contributed by atoms with Gasteiger partial charge < -0.3 is 10.1 Å². The van der Waals surface area contributed by atoms with Crippen LogP contribution in [0.4, 0.5) is 5.95 Å². The van der Waals surface area contributed by atoms with Crippen molar-refractivity contribution in [1.82, 2.24) is 14.8 Å². The van der Waals surface area contributed by atoms with Crippen molar-refractivity contribution < 1.29 is 9.53 Å². The number of hydrogen-bond acceptors (Lipinski definition) is 5. The molecule has 1 aromatic heterocycles.